The van der Waals surface area contributed by atoms with Gasteiger partial charge in [-0.3, -0.25) is 9.59 Å². The zero-order chi connectivity index (χ0) is 19.3. The number of hydrogen-bond acceptors (Lipinski definition) is 3. The van der Waals surface area contributed by atoms with E-state index in [0.717, 1.165) is 5.69 Å². The van der Waals surface area contributed by atoms with Crippen LogP contribution in [0.5, 0.6) is 0 Å². The second-order valence-corrected chi connectivity index (χ2v) is 7.12. The van der Waals surface area contributed by atoms with Crippen molar-refractivity contribution in [1.29, 1.82) is 0 Å². The van der Waals surface area contributed by atoms with E-state index in [2.05, 4.69) is 16.0 Å². The Morgan fingerprint density at radius 3 is 2.08 bits per heavy atom. The number of hydrogen-bond donors (Lipinski definition) is 3. The second-order valence-electron chi connectivity index (χ2n) is 7.12. The topological polar surface area (TPSA) is 70.2 Å². The maximum Gasteiger partial charge on any atom is 0.246 e. The summed E-state index contributed by atoms with van der Waals surface area (Å²) in [7, 11) is 0. The molecule has 0 aliphatic rings. The number of rotatable bonds is 5. The van der Waals surface area contributed by atoms with Gasteiger partial charge in [0.2, 0.25) is 11.8 Å². The highest BCUT2D eigenvalue weighted by Gasteiger charge is 2.21. The van der Waals surface area contributed by atoms with Crippen molar-refractivity contribution >= 4 is 28.9 Å². The number of benzene rings is 2. The Labute approximate surface area is 153 Å². The number of halogens is 1. The molecule has 1 atom stereocenters. The van der Waals surface area contributed by atoms with Gasteiger partial charge in [-0.25, -0.2) is 4.39 Å². The fourth-order valence-electron chi connectivity index (χ4n) is 2.09. The Morgan fingerprint density at radius 1 is 0.923 bits per heavy atom. The lowest BCUT2D eigenvalue weighted by Gasteiger charge is -2.18. The molecule has 6 heteroatoms. The highest BCUT2D eigenvalue weighted by Crippen LogP contribution is 2.20. The van der Waals surface area contributed by atoms with E-state index >= 15 is 0 Å². The van der Waals surface area contributed by atoms with Gasteiger partial charge >= 0.3 is 0 Å². The van der Waals surface area contributed by atoms with Crippen LogP contribution in [0.4, 0.5) is 21.5 Å². The predicted octanol–water partition coefficient (Wildman–Crippen LogP) is 4.25. The predicted molar refractivity (Wildman–Crippen MR) is 103 cm³/mol. The summed E-state index contributed by atoms with van der Waals surface area (Å²) < 4.78 is 13.6. The first-order valence-corrected chi connectivity index (χ1v) is 8.40. The highest BCUT2D eigenvalue weighted by molar-refractivity contribution is 5.96. The molecule has 0 aliphatic carbocycles. The molecular weight excluding hydrogens is 333 g/mol. The molecule has 2 aromatic rings. The maximum atomic E-state index is 13.6. The van der Waals surface area contributed by atoms with Gasteiger partial charge in [-0.1, -0.05) is 32.9 Å². The van der Waals surface area contributed by atoms with Crippen molar-refractivity contribution in [3.8, 4) is 0 Å². The van der Waals surface area contributed by atoms with E-state index in [-0.39, 0.29) is 17.5 Å². The number of carbonyl (C=O) groups excluding carboxylic acids is 2. The average molecular weight is 357 g/mol. The quantitative estimate of drug-likeness (QED) is 0.749. The molecule has 2 rings (SSSR count). The molecule has 0 saturated heterocycles. The minimum Gasteiger partial charge on any atom is -0.374 e. The fourth-order valence-corrected chi connectivity index (χ4v) is 2.09. The van der Waals surface area contributed by atoms with Crippen LogP contribution in [-0.2, 0) is 9.59 Å². The van der Waals surface area contributed by atoms with Crippen LogP contribution in [0.15, 0.2) is 48.5 Å². The van der Waals surface area contributed by atoms with Crippen molar-refractivity contribution in [3.63, 3.8) is 0 Å². The number of carbonyl (C=O) groups is 2. The third-order valence-electron chi connectivity index (χ3n) is 3.73. The van der Waals surface area contributed by atoms with Crippen LogP contribution < -0.4 is 16.0 Å². The number of amides is 2. The van der Waals surface area contributed by atoms with Crippen molar-refractivity contribution in [1.82, 2.24) is 0 Å². The third kappa shape index (κ3) is 5.31. The standard InChI is InChI=1S/C20H24FN3O2/c1-13(18(25)24-17-8-6-5-7-16(17)21)22-14-9-11-15(12-10-14)23-19(26)20(2,3)4/h5-13,22H,1-4H3,(H,23,26)(H,24,25). The van der Waals surface area contributed by atoms with Gasteiger partial charge in [0.1, 0.15) is 11.9 Å². The summed E-state index contributed by atoms with van der Waals surface area (Å²) >= 11 is 0. The molecule has 2 aromatic carbocycles. The van der Waals surface area contributed by atoms with Gasteiger partial charge in [-0.15, -0.1) is 0 Å². The summed E-state index contributed by atoms with van der Waals surface area (Å²) in [6.07, 6.45) is 0. The number of para-hydroxylation sites is 1. The van der Waals surface area contributed by atoms with Gasteiger partial charge in [-0.05, 0) is 43.3 Å². The summed E-state index contributed by atoms with van der Waals surface area (Å²) in [6.45, 7) is 7.21. The Morgan fingerprint density at radius 2 is 1.50 bits per heavy atom. The first kappa shape index (κ1) is 19.4. The highest BCUT2D eigenvalue weighted by atomic mass is 19.1. The van der Waals surface area contributed by atoms with Crippen molar-refractivity contribution < 1.29 is 14.0 Å². The summed E-state index contributed by atoms with van der Waals surface area (Å²) in [5.74, 6) is -0.900. The zero-order valence-electron chi connectivity index (χ0n) is 15.4. The van der Waals surface area contributed by atoms with Crippen molar-refractivity contribution in [3.05, 3.63) is 54.3 Å². The molecule has 3 N–H and O–H groups in total. The Bertz CT molecular complexity index is 782. The van der Waals surface area contributed by atoms with Gasteiger partial charge in [-0.2, -0.15) is 0 Å². The minimum absolute atomic E-state index is 0.0733. The molecule has 0 heterocycles. The zero-order valence-corrected chi connectivity index (χ0v) is 15.4. The van der Waals surface area contributed by atoms with Gasteiger partial charge in [0.05, 0.1) is 5.69 Å². The molecule has 0 aliphatic heterocycles. The SMILES string of the molecule is CC(Nc1ccc(NC(=O)C(C)(C)C)cc1)C(=O)Nc1ccccc1F. The molecule has 0 saturated carbocycles. The molecular formula is C20H24FN3O2. The van der Waals surface area contributed by atoms with Crippen LogP contribution in [0, 0.1) is 11.2 Å². The maximum absolute atomic E-state index is 13.6. The number of anilines is 3. The summed E-state index contributed by atoms with van der Waals surface area (Å²) in [5, 5.41) is 8.43. The van der Waals surface area contributed by atoms with E-state index in [9.17, 15) is 14.0 Å². The van der Waals surface area contributed by atoms with E-state index in [4.69, 9.17) is 0 Å². The largest absolute Gasteiger partial charge is 0.374 e. The molecule has 5 nitrogen and oxygen atoms in total. The Kier molecular flexibility index (Phi) is 5.97. The molecule has 0 aromatic heterocycles. The monoisotopic (exact) mass is 357 g/mol. The van der Waals surface area contributed by atoms with Gasteiger partial charge in [0.15, 0.2) is 0 Å². The molecule has 2 amide bonds. The number of nitrogens with one attached hydrogen (secondary N) is 3. The second kappa shape index (κ2) is 7.99. The van der Waals surface area contributed by atoms with E-state index in [1.54, 1.807) is 43.3 Å². The smallest absolute Gasteiger partial charge is 0.246 e. The molecule has 138 valence electrons. The van der Waals surface area contributed by atoms with Gasteiger partial charge in [0, 0.05) is 16.8 Å². The van der Waals surface area contributed by atoms with Crippen LogP contribution in [0.2, 0.25) is 0 Å². The lowest BCUT2D eigenvalue weighted by atomic mass is 9.95. The fraction of sp³-hybridized carbons (Fsp3) is 0.300. The third-order valence-corrected chi connectivity index (χ3v) is 3.73. The average Bonchev–Trinajstić information content (AvgIpc) is 2.57. The molecule has 0 radical (unpaired) electrons. The van der Waals surface area contributed by atoms with Crippen LogP contribution in [0.25, 0.3) is 0 Å². The lowest BCUT2D eigenvalue weighted by molar-refractivity contribution is -0.123. The summed E-state index contributed by atoms with van der Waals surface area (Å²) in [5.41, 5.74) is 1.07. The van der Waals surface area contributed by atoms with Gasteiger partial charge in [0.25, 0.3) is 0 Å². The normalized spacial score (nSPS) is 12.2. The van der Waals surface area contributed by atoms with Crippen LogP contribution in [-0.4, -0.2) is 17.9 Å². The van der Waals surface area contributed by atoms with Crippen LogP contribution >= 0.6 is 0 Å². The molecule has 26 heavy (non-hydrogen) atoms. The Balaban J connectivity index is 1.94. The molecule has 0 bridgehead atoms. The minimum atomic E-state index is -0.565. The first-order valence-electron chi connectivity index (χ1n) is 8.40. The summed E-state index contributed by atoms with van der Waals surface area (Å²) in [4.78, 5) is 24.2. The van der Waals surface area contributed by atoms with E-state index < -0.39 is 17.3 Å². The summed E-state index contributed by atoms with van der Waals surface area (Å²) in [6, 6.07) is 12.5. The van der Waals surface area contributed by atoms with Crippen molar-refractivity contribution in [2.45, 2.75) is 33.7 Å². The first-order chi connectivity index (χ1) is 12.2. The van der Waals surface area contributed by atoms with Crippen LogP contribution in [0.3, 0.4) is 0 Å². The molecule has 0 fully saturated rings. The van der Waals surface area contributed by atoms with E-state index in [1.165, 1.54) is 12.1 Å². The van der Waals surface area contributed by atoms with Gasteiger partial charge < -0.3 is 16.0 Å². The van der Waals surface area contributed by atoms with E-state index in [0.29, 0.717) is 5.69 Å². The Hall–Kier alpha value is -2.89. The lowest BCUT2D eigenvalue weighted by Crippen LogP contribution is -2.32. The van der Waals surface area contributed by atoms with Crippen LogP contribution in [0.1, 0.15) is 27.7 Å². The van der Waals surface area contributed by atoms with Crippen molar-refractivity contribution in [2.75, 3.05) is 16.0 Å². The van der Waals surface area contributed by atoms with E-state index in [1.807, 2.05) is 20.8 Å². The molecule has 0 spiro atoms. The molecule has 1 unspecified atom stereocenters. The van der Waals surface area contributed by atoms with Crippen molar-refractivity contribution in [2.24, 2.45) is 5.41 Å².